The van der Waals surface area contributed by atoms with Gasteiger partial charge in [0.1, 0.15) is 0 Å². The molecule has 1 atom stereocenters. The number of halogens is 3. The number of nitrogens with one attached hydrogen (secondary N) is 1. The zero-order valence-electron chi connectivity index (χ0n) is 7.93. The van der Waals surface area contributed by atoms with Crippen LogP contribution in [0, 0.1) is 5.92 Å². The second kappa shape index (κ2) is 5.68. The number of hydrogen-bond donors (Lipinski definition) is 1. The molecule has 0 saturated heterocycles. The number of rotatable bonds is 3. The molecule has 0 aromatic carbocycles. The quantitative estimate of drug-likeness (QED) is 0.687. The molecule has 0 fully saturated rings. The number of hydrogen-bond acceptors (Lipinski definition) is 2. The predicted molar refractivity (Wildman–Crippen MR) is 65.5 cm³/mol. The van der Waals surface area contributed by atoms with Gasteiger partial charge < -0.3 is 5.32 Å². The summed E-state index contributed by atoms with van der Waals surface area (Å²) in [6, 6.07) is 1.69. The number of carbonyl (C=O) groups excluding carboxylic acids is 1. The van der Waals surface area contributed by atoms with Gasteiger partial charge in [-0.3, -0.25) is 4.79 Å². The molecule has 6 heteroatoms. The second-order valence-corrected chi connectivity index (χ2v) is 4.62. The molecule has 0 bridgehead atoms. The normalized spacial score (nSPS) is 12.3. The van der Waals surface area contributed by atoms with E-state index < -0.39 is 0 Å². The molecule has 1 aromatic rings. The van der Waals surface area contributed by atoms with Crippen molar-refractivity contribution in [3.63, 3.8) is 0 Å². The zero-order valence-corrected chi connectivity index (χ0v) is 11.0. The van der Waals surface area contributed by atoms with Crippen molar-refractivity contribution >= 4 is 50.7 Å². The number of pyridine rings is 1. The van der Waals surface area contributed by atoms with Crippen molar-refractivity contribution in [2.75, 3.05) is 11.2 Å². The van der Waals surface area contributed by atoms with Crippen LogP contribution in [0.5, 0.6) is 0 Å². The Morgan fingerprint density at radius 3 is 3.00 bits per heavy atom. The Bertz CT molecular complexity index is 373. The topological polar surface area (TPSA) is 42.0 Å². The Kier molecular flexibility index (Phi) is 4.83. The van der Waals surface area contributed by atoms with E-state index in [1.54, 1.807) is 19.2 Å². The summed E-state index contributed by atoms with van der Waals surface area (Å²) in [6.07, 6.45) is 1.56. The summed E-state index contributed by atoms with van der Waals surface area (Å²) in [6.45, 7) is 1.74. The van der Waals surface area contributed by atoms with E-state index in [1.807, 2.05) is 0 Å². The summed E-state index contributed by atoms with van der Waals surface area (Å²) < 4.78 is 0.751. The SMILES string of the molecule is CC(CCl)C(=O)Nc1cc(Br)cnc1Cl. The number of carbonyl (C=O) groups is 1. The first-order valence-electron chi connectivity index (χ1n) is 4.22. The average molecular weight is 312 g/mol. The van der Waals surface area contributed by atoms with Gasteiger partial charge in [0.05, 0.1) is 5.69 Å². The third-order valence-corrected chi connectivity index (χ3v) is 2.94. The molecular formula is C9H9BrCl2N2O. The monoisotopic (exact) mass is 310 g/mol. The first-order valence-corrected chi connectivity index (χ1v) is 5.93. The van der Waals surface area contributed by atoms with E-state index in [4.69, 9.17) is 23.2 Å². The lowest BCUT2D eigenvalue weighted by molar-refractivity contribution is -0.118. The first kappa shape index (κ1) is 12.7. The Morgan fingerprint density at radius 1 is 1.73 bits per heavy atom. The highest BCUT2D eigenvalue weighted by Gasteiger charge is 2.13. The molecule has 15 heavy (non-hydrogen) atoms. The largest absolute Gasteiger partial charge is 0.323 e. The fourth-order valence-corrected chi connectivity index (χ4v) is 1.46. The predicted octanol–water partition coefficient (Wildman–Crippen LogP) is 3.31. The lowest BCUT2D eigenvalue weighted by atomic mass is 10.2. The van der Waals surface area contributed by atoms with Gasteiger partial charge in [-0.2, -0.15) is 0 Å². The van der Waals surface area contributed by atoms with Crippen LogP contribution >= 0.6 is 39.1 Å². The summed E-state index contributed by atoms with van der Waals surface area (Å²) in [5.41, 5.74) is 0.480. The van der Waals surface area contributed by atoms with Gasteiger partial charge in [0.25, 0.3) is 0 Å². The molecule has 0 radical (unpaired) electrons. The van der Waals surface area contributed by atoms with Crippen LogP contribution in [-0.4, -0.2) is 16.8 Å². The molecule has 0 spiro atoms. The van der Waals surface area contributed by atoms with E-state index in [0.717, 1.165) is 4.47 Å². The van der Waals surface area contributed by atoms with E-state index >= 15 is 0 Å². The van der Waals surface area contributed by atoms with E-state index in [1.165, 1.54) is 0 Å². The second-order valence-electron chi connectivity index (χ2n) is 3.04. The number of nitrogens with zero attached hydrogens (tertiary/aromatic N) is 1. The van der Waals surface area contributed by atoms with Crippen LogP contribution in [0.4, 0.5) is 5.69 Å². The van der Waals surface area contributed by atoms with Gasteiger partial charge in [0, 0.05) is 22.5 Å². The van der Waals surface area contributed by atoms with Crippen molar-refractivity contribution in [1.29, 1.82) is 0 Å². The first-order chi connectivity index (χ1) is 7.04. The summed E-state index contributed by atoms with van der Waals surface area (Å²) in [5.74, 6) is -0.168. The Balaban J connectivity index is 2.80. The van der Waals surface area contributed by atoms with Crippen LogP contribution in [-0.2, 0) is 4.79 Å². The number of anilines is 1. The third kappa shape index (κ3) is 3.63. The van der Waals surface area contributed by atoms with E-state index in [0.29, 0.717) is 5.69 Å². The zero-order chi connectivity index (χ0) is 11.4. The van der Waals surface area contributed by atoms with Crippen LogP contribution in [0.2, 0.25) is 5.15 Å². The maximum absolute atomic E-state index is 11.5. The molecule has 1 aromatic heterocycles. The van der Waals surface area contributed by atoms with Gasteiger partial charge in [0.2, 0.25) is 5.91 Å². The van der Waals surface area contributed by atoms with Gasteiger partial charge in [-0.1, -0.05) is 18.5 Å². The van der Waals surface area contributed by atoms with Gasteiger partial charge in [-0.05, 0) is 22.0 Å². The molecule has 1 rings (SSSR count). The minimum atomic E-state index is -0.262. The fourth-order valence-electron chi connectivity index (χ4n) is 0.836. The molecule has 1 N–H and O–H groups in total. The smallest absolute Gasteiger partial charge is 0.228 e. The minimum Gasteiger partial charge on any atom is -0.323 e. The van der Waals surface area contributed by atoms with Crippen molar-refractivity contribution in [2.45, 2.75) is 6.92 Å². The van der Waals surface area contributed by atoms with Crippen molar-refractivity contribution in [3.8, 4) is 0 Å². The highest BCUT2D eigenvalue weighted by atomic mass is 79.9. The van der Waals surface area contributed by atoms with Gasteiger partial charge in [-0.25, -0.2) is 4.98 Å². The van der Waals surface area contributed by atoms with Crippen LogP contribution in [0.15, 0.2) is 16.7 Å². The fraction of sp³-hybridized carbons (Fsp3) is 0.333. The van der Waals surface area contributed by atoms with E-state index in [-0.39, 0.29) is 22.9 Å². The molecule has 1 unspecified atom stereocenters. The molecule has 0 aliphatic carbocycles. The van der Waals surface area contributed by atoms with Gasteiger partial charge >= 0.3 is 0 Å². The Morgan fingerprint density at radius 2 is 2.40 bits per heavy atom. The molecule has 1 heterocycles. The maximum atomic E-state index is 11.5. The standard InChI is InChI=1S/C9H9BrCl2N2O/c1-5(3-11)9(15)14-7-2-6(10)4-13-8(7)12/h2,4-5H,3H2,1H3,(H,14,15). The molecule has 0 saturated carbocycles. The maximum Gasteiger partial charge on any atom is 0.228 e. The summed E-state index contributed by atoms with van der Waals surface area (Å²) >= 11 is 14.6. The summed E-state index contributed by atoms with van der Waals surface area (Å²) in [4.78, 5) is 15.4. The van der Waals surface area contributed by atoms with Gasteiger partial charge in [-0.15, -0.1) is 11.6 Å². The van der Waals surface area contributed by atoms with Crippen molar-refractivity contribution in [2.24, 2.45) is 5.92 Å². The molecule has 1 amide bonds. The van der Waals surface area contributed by atoms with Crippen LogP contribution in [0.25, 0.3) is 0 Å². The molecule has 0 aliphatic rings. The van der Waals surface area contributed by atoms with Crippen molar-refractivity contribution in [3.05, 3.63) is 21.9 Å². The minimum absolute atomic E-state index is 0.174. The van der Waals surface area contributed by atoms with Crippen LogP contribution < -0.4 is 5.32 Å². The molecule has 3 nitrogen and oxygen atoms in total. The molecule has 82 valence electrons. The van der Waals surface area contributed by atoms with Crippen molar-refractivity contribution < 1.29 is 4.79 Å². The summed E-state index contributed by atoms with van der Waals surface area (Å²) in [5, 5.41) is 2.91. The summed E-state index contributed by atoms with van der Waals surface area (Å²) in [7, 11) is 0. The number of amides is 1. The van der Waals surface area contributed by atoms with E-state index in [9.17, 15) is 4.79 Å². The number of aromatic nitrogens is 1. The lowest BCUT2D eigenvalue weighted by Crippen LogP contribution is -2.21. The van der Waals surface area contributed by atoms with Gasteiger partial charge in [0.15, 0.2) is 5.15 Å². The highest BCUT2D eigenvalue weighted by molar-refractivity contribution is 9.10. The Hall–Kier alpha value is -0.320. The van der Waals surface area contributed by atoms with E-state index in [2.05, 4.69) is 26.2 Å². The lowest BCUT2D eigenvalue weighted by Gasteiger charge is -2.10. The average Bonchev–Trinajstić information content (AvgIpc) is 2.22. The highest BCUT2D eigenvalue weighted by Crippen LogP contribution is 2.23. The Labute approximate surface area is 106 Å². The number of alkyl halides is 1. The van der Waals surface area contributed by atoms with Crippen LogP contribution in [0.1, 0.15) is 6.92 Å². The van der Waals surface area contributed by atoms with Crippen LogP contribution in [0.3, 0.4) is 0 Å². The third-order valence-electron chi connectivity index (χ3n) is 1.74. The van der Waals surface area contributed by atoms with Crippen molar-refractivity contribution in [1.82, 2.24) is 4.98 Å². The molecule has 0 aliphatic heterocycles. The molecular weight excluding hydrogens is 303 g/mol.